The molecule has 3 heterocycles. The van der Waals surface area contributed by atoms with Crippen LogP contribution in [0.25, 0.3) is 0 Å². The summed E-state index contributed by atoms with van der Waals surface area (Å²) in [6, 6.07) is 20.4. The molecule has 10 nitrogen and oxygen atoms in total. The number of aromatic hydroxyl groups is 1. The van der Waals surface area contributed by atoms with Gasteiger partial charge in [0.1, 0.15) is 5.75 Å². The summed E-state index contributed by atoms with van der Waals surface area (Å²) < 4.78 is 3.82. The van der Waals surface area contributed by atoms with Crippen LogP contribution in [0.2, 0.25) is 5.02 Å². The van der Waals surface area contributed by atoms with E-state index in [1.54, 1.807) is 18.2 Å². The van der Waals surface area contributed by atoms with Crippen molar-refractivity contribution in [2.24, 2.45) is 13.0 Å². The normalized spacial score (nSPS) is 24.3. The lowest BCUT2D eigenvalue weighted by Gasteiger charge is -2.49. The second-order valence-electron chi connectivity index (χ2n) is 11.4. The number of hydrogen-bond donors (Lipinski definition) is 2. The number of halogens is 1. The largest absolute Gasteiger partial charge is 0.508 e. The number of imide groups is 1. The van der Waals surface area contributed by atoms with Gasteiger partial charge >= 0.3 is 11.4 Å². The van der Waals surface area contributed by atoms with Crippen molar-refractivity contribution < 1.29 is 14.7 Å². The van der Waals surface area contributed by atoms with E-state index in [4.69, 9.17) is 11.6 Å². The number of hydrogen-bond acceptors (Lipinski definition) is 6. The SMILES string of the molecule is Cc1ccc(NN2C(=O)C3CC4C(=CCn5c(=O)n(C)c(=O)n54)C(c4ccc(O)cc4Cl)C3(c3ccccc3)C2=O)cc1. The van der Waals surface area contributed by atoms with Crippen molar-refractivity contribution in [2.45, 2.75) is 37.3 Å². The number of allylic oxidation sites excluding steroid dienone is 2. The number of amides is 2. The molecule has 11 heteroatoms. The van der Waals surface area contributed by atoms with Gasteiger partial charge in [-0.05, 0) is 54.3 Å². The molecule has 0 bridgehead atoms. The van der Waals surface area contributed by atoms with Crippen LogP contribution in [0.15, 0.2) is 94.0 Å². The van der Waals surface area contributed by atoms with Crippen LogP contribution in [0.5, 0.6) is 5.75 Å². The Morgan fingerprint density at radius 2 is 1.67 bits per heavy atom. The minimum atomic E-state index is -1.44. The number of anilines is 1. The van der Waals surface area contributed by atoms with Gasteiger partial charge in [0, 0.05) is 18.0 Å². The number of nitrogens with one attached hydrogen (secondary N) is 1. The highest BCUT2D eigenvalue weighted by molar-refractivity contribution is 6.31. The van der Waals surface area contributed by atoms with Crippen LogP contribution in [0.1, 0.15) is 35.1 Å². The summed E-state index contributed by atoms with van der Waals surface area (Å²) in [6.07, 6.45) is 1.97. The van der Waals surface area contributed by atoms with Gasteiger partial charge in [0.2, 0.25) is 0 Å². The van der Waals surface area contributed by atoms with Gasteiger partial charge in [-0.15, -0.1) is 0 Å². The van der Waals surface area contributed by atoms with Gasteiger partial charge in [-0.25, -0.2) is 23.5 Å². The lowest BCUT2D eigenvalue weighted by molar-refractivity contribution is -0.138. The van der Waals surface area contributed by atoms with Crippen molar-refractivity contribution in [1.29, 1.82) is 0 Å². The van der Waals surface area contributed by atoms with Crippen LogP contribution >= 0.6 is 11.6 Å². The van der Waals surface area contributed by atoms with Gasteiger partial charge in [0.05, 0.1) is 29.6 Å². The van der Waals surface area contributed by atoms with Crippen LogP contribution in [0.4, 0.5) is 5.69 Å². The minimum Gasteiger partial charge on any atom is -0.508 e. The van der Waals surface area contributed by atoms with Crippen molar-refractivity contribution in [3.05, 3.63) is 127 Å². The summed E-state index contributed by atoms with van der Waals surface area (Å²) >= 11 is 6.82. The fourth-order valence-corrected chi connectivity index (χ4v) is 7.50. The average Bonchev–Trinajstić information content (AvgIpc) is 3.35. The molecule has 218 valence electrons. The summed E-state index contributed by atoms with van der Waals surface area (Å²) in [5.74, 6) is -2.67. The molecule has 2 N–H and O–H groups in total. The van der Waals surface area contributed by atoms with E-state index < -0.39 is 46.5 Å². The molecule has 1 saturated carbocycles. The maximum Gasteiger partial charge on any atom is 0.347 e. The van der Waals surface area contributed by atoms with Gasteiger partial charge in [-0.2, -0.15) is 5.01 Å². The number of benzene rings is 3. The molecule has 0 spiro atoms. The van der Waals surface area contributed by atoms with E-state index >= 15 is 0 Å². The fraction of sp³-hybridized carbons (Fsp3) is 0.250. The minimum absolute atomic E-state index is 0.0475. The van der Waals surface area contributed by atoms with Gasteiger partial charge in [0.25, 0.3) is 11.8 Å². The first-order valence-corrected chi connectivity index (χ1v) is 14.4. The van der Waals surface area contributed by atoms with Crippen LogP contribution in [-0.4, -0.2) is 35.9 Å². The van der Waals surface area contributed by atoms with E-state index in [-0.39, 0.29) is 23.7 Å². The zero-order valence-electron chi connectivity index (χ0n) is 23.4. The first-order chi connectivity index (χ1) is 20.6. The average molecular weight is 598 g/mol. The number of rotatable bonds is 4. The maximum atomic E-state index is 14.9. The third-order valence-electron chi connectivity index (χ3n) is 9.14. The lowest BCUT2D eigenvalue weighted by atomic mass is 9.53. The Morgan fingerprint density at radius 3 is 2.37 bits per heavy atom. The molecule has 4 unspecified atom stereocenters. The maximum absolute atomic E-state index is 14.9. The highest BCUT2D eigenvalue weighted by atomic mass is 35.5. The Morgan fingerprint density at radius 1 is 0.953 bits per heavy atom. The van der Waals surface area contributed by atoms with Crippen LogP contribution in [0, 0.1) is 12.8 Å². The van der Waals surface area contributed by atoms with Gasteiger partial charge in [-0.1, -0.05) is 71.8 Å². The molecular weight excluding hydrogens is 570 g/mol. The van der Waals surface area contributed by atoms with Crippen molar-refractivity contribution >= 4 is 29.1 Å². The molecule has 1 aromatic heterocycles. The molecule has 0 radical (unpaired) electrons. The number of carbonyl (C=O) groups is 2. The topological polar surface area (TPSA) is 119 Å². The van der Waals surface area contributed by atoms with Gasteiger partial charge < -0.3 is 5.11 Å². The number of carbonyl (C=O) groups excluding carboxylic acids is 2. The van der Waals surface area contributed by atoms with E-state index in [1.165, 1.54) is 28.5 Å². The molecule has 7 rings (SSSR count). The predicted octanol–water partition coefficient (Wildman–Crippen LogP) is 3.63. The molecule has 4 aromatic rings. The number of phenols is 1. The monoisotopic (exact) mass is 597 g/mol. The lowest BCUT2D eigenvalue weighted by Crippen LogP contribution is -2.53. The van der Waals surface area contributed by atoms with E-state index in [0.29, 0.717) is 22.4 Å². The van der Waals surface area contributed by atoms with E-state index in [9.17, 15) is 24.3 Å². The zero-order valence-corrected chi connectivity index (χ0v) is 24.2. The highest BCUT2D eigenvalue weighted by Crippen LogP contribution is 2.62. The van der Waals surface area contributed by atoms with Crippen molar-refractivity contribution in [3.8, 4) is 5.75 Å². The summed E-state index contributed by atoms with van der Waals surface area (Å²) in [6.45, 7) is 2.05. The smallest absolute Gasteiger partial charge is 0.347 e. The van der Waals surface area contributed by atoms with Crippen molar-refractivity contribution in [3.63, 3.8) is 0 Å². The molecule has 1 saturated heterocycles. The molecule has 2 aliphatic heterocycles. The molecule has 4 atom stereocenters. The highest BCUT2D eigenvalue weighted by Gasteiger charge is 2.69. The number of nitrogens with zero attached hydrogens (tertiary/aromatic N) is 4. The Hall–Kier alpha value is -4.83. The number of hydrazine groups is 1. The molecule has 1 aliphatic carbocycles. The number of aryl methyl sites for hydroxylation is 1. The van der Waals surface area contributed by atoms with E-state index in [0.717, 1.165) is 15.1 Å². The summed E-state index contributed by atoms with van der Waals surface area (Å²) in [7, 11) is 1.42. The third kappa shape index (κ3) is 3.72. The van der Waals surface area contributed by atoms with Crippen LogP contribution in [-0.2, 0) is 28.6 Å². The summed E-state index contributed by atoms with van der Waals surface area (Å²) in [5.41, 5.74) is 4.10. The number of fused-ring (bicyclic) bond motifs is 4. The van der Waals surface area contributed by atoms with E-state index in [2.05, 4.69) is 5.43 Å². The predicted molar refractivity (Wildman–Crippen MR) is 160 cm³/mol. The number of phenolic OH excluding ortho intramolecular Hbond substituents is 1. The fourth-order valence-electron chi connectivity index (χ4n) is 7.21. The van der Waals surface area contributed by atoms with E-state index in [1.807, 2.05) is 55.5 Å². The Kier molecular flexibility index (Phi) is 6.04. The molecule has 2 fully saturated rings. The second kappa shape index (κ2) is 9.60. The molecular formula is C32H28ClN5O5. The summed E-state index contributed by atoms with van der Waals surface area (Å²) in [5, 5.41) is 11.5. The van der Waals surface area contributed by atoms with Crippen molar-refractivity contribution in [1.82, 2.24) is 18.9 Å². The van der Waals surface area contributed by atoms with Crippen LogP contribution in [0.3, 0.4) is 0 Å². The Balaban J connectivity index is 1.51. The number of aromatic nitrogens is 3. The van der Waals surface area contributed by atoms with Gasteiger partial charge in [0.15, 0.2) is 0 Å². The first-order valence-electron chi connectivity index (χ1n) is 14.0. The summed E-state index contributed by atoms with van der Waals surface area (Å²) in [4.78, 5) is 55.8. The zero-order chi connectivity index (χ0) is 30.2. The Bertz CT molecular complexity index is 1960. The second-order valence-corrected chi connectivity index (χ2v) is 11.8. The molecule has 43 heavy (non-hydrogen) atoms. The Labute approximate surface area is 251 Å². The standard InChI is InChI=1S/C32H28ClN5O5/c1-18-8-10-20(11-9-18)34-37-28(40)24-17-26-23(14-15-36-30(42)35(2)31(43)38(26)36)27(22-13-12-21(39)16-25(22)33)32(24,29(37)41)19-6-4-3-5-7-19/h3-14,16,24,26-27,34,39H,15,17H2,1-2H3. The molecule has 2 amide bonds. The molecule has 3 aliphatic rings. The third-order valence-corrected chi connectivity index (χ3v) is 9.47. The van der Waals surface area contributed by atoms with Crippen LogP contribution < -0.4 is 16.8 Å². The van der Waals surface area contributed by atoms with Gasteiger partial charge in [-0.3, -0.25) is 15.0 Å². The molecule has 3 aromatic carbocycles. The first kappa shape index (κ1) is 27.0. The quantitative estimate of drug-likeness (QED) is 0.274. The van der Waals surface area contributed by atoms with Crippen molar-refractivity contribution in [2.75, 3.05) is 5.43 Å².